The minimum absolute atomic E-state index is 0.0183. The van der Waals surface area contributed by atoms with E-state index in [9.17, 15) is 13.2 Å². The molecule has 0 saturated heterocycles. The molecule has 5 nitrogen and oxygen atoms in total. The molecule has 0 fully saturated rings. The molecule has 1 amide bonds. The van der Waals surface area contributed by atoms with Crippen molar-refractivity contribution in [1.29, 1.82) is 0 Å². The largest absolute Gasteiger partial charge is 0.343 e. The highest BCUT2D eigenvalue weighted by atomic mass is 32.2. The zero-order chi connectivity index (χ0) is 17.6. The molecule has 23 heavy (non-hydrogen) atoms. The number of hydrogen-bond acceptors (Lipinski definition) is 3. The fourth-order valence-electron chi connectivity index (χ4n) is 2.74. The van der Waals surface area contributed by atoms with Gasteiger partial charge in [-0.05, 0) is 38.3 Å². The van der Waals surface area contributed by atoms with Gasteiger partial charge in [-0.3, -0.25) is 9.10 Å². The Morgan fingerprint density at radius 1 is 1.13 bits per heavy atom. The minimum atomic E-state index is -3.45. The molecule has 6 heteroatoms. The summed E-state index contributed by atoms with van der Waals surface area (Å²) in [6.45, 7) is 9.20. The monoisotopic (exact) mass is 340 g/mol. The maximum absolute atomic E-state index is 12.3. The second-order valence-corrected chi connectivity index (χ2v) is 7.49. The van der Waals surface area contributed by atoms with Gasteiger partial charge >= 0.3 is 0 Å². The number of sulfonamides is 1. The number of amides is 1. The van der Waals surface area contributed by atoms with Gasteiger partial charge in [0.1, 0.15) is 0 Å². The van der Waals surface area contributed by atoms with Gasteiger partial charge in [-0.15, -0.1) is 0 Å². The van der Waals surface area contributed by atoms with Crippen molar-refractivity contribution in [3.05, 3.63) is 29.3 Å². The Hall–Kier alpha value is -1.56. The zero-order valence-electron chi connectivity index (χ0n) is 14.8. The molecule has 0 aliphatic carbocycles. The number of hydrogen-bond donors (Lipinski definition) is 0. The van der Waals surface area contributed by atoms with Gasteiger partial charge in [-0.25, -0.2) is 8.42 Å². The van der Waals surface area contributed by atoms with E-state index in [0.29, 0.717) is 18.8 Å². The molecule has 1 rings (SSSR count). The van der Waals surface area contributed by atoms with Crippen molar-refractivity contribution in [2.75, 3.05) is 30.2 Å². The topological polar surface area (TPSA) is 57.7 Å². The maximum atomic E-state index is 12.3. The van der Waals surface area contributed by atoms with Crippen LogP contribution in [0.3, 0.4) is 0 Å². The Labute approximate surface area is 140 Å². The number of anilines is 1. The van der Waals surface area contributed by atoms with Gasteiger partial charge in [-0.2, -0.15) is 0 Å². The maximum Gasteiger partial charge on any atom is 0.232 e. The third-order valence-corrected chi connectivity index (χ3v) is 5.16. The molecule has 1 aromatic rings. The van der Waals surface area contributed by atoms with E-state index >= 15 is 0 Å². The third kappa shape index (κ3) is 4.96. The Morgan fingerprint density at radius 3 is 2.22 bits per heavy atom. The summed E-state index contributed by atoms with van der Waals surface area (Å²) in [6, 6.07) is 5.77. The molecule has 0 aromatic heterocycles. The number of benzene rings is 1. The molecule has 0 bridgehead atoms. The SMILES string of the molecule is CCc1cccc(C)c1N(CCC(=O)N(CC)CC)S(C)(=O)=O. The highest BCUT2D eigenvalue weighted by Crippen LogP contribution is 2.28. The van der Waals surface area contributed by atoms with Crippen molar-refractivity contribution in [3.8, 4) is 0 Å². The highest BCUT2D eigenvalue weighted by molar-refractivity contribution is 7.92. The van der Waals surface area contributed by atoms with Crippen LogP contribution in [0.15, 0.2) is 18.2 Å². The summed E-state index contributed by atoms with van der Waals surface area (Å²) in [4.78, 5) is 13.9. The predicted molar refractivity (Wildman–Crippen MR) is 95.3 cm³/mol. The molecule has 0 radical (unpaired) electrons. The first kappa shape index (κ1) is 19.5. The predicted octanol–water partition coefficient (Wildman–Crippen LogP) is 2.58. The normalized spacial score (nSPS) is 11.3. The Bertz CT molecular complexity index is 637. The van der Waals surface area contributed by atoms with Crippen molar-refractivity contribution < 1.29 is 13.2 Å². The van der Waals surface area contributed by atoms with Crippen LogP contribution < -0.4 is 4.31 Å². The average molecular weight is 340 g/mol. The first-order valence-corrected chi connectivity index (χ1v) is 9.94. The van der Waals surface area contributed by atoms with E-state index < -0.39 is 10.0 Å². The number of para-hydroxylation sites is 1. The van der Waals surface area contributed by atoms with Crippen LogP contribution in [0.25, 0.3) is 0 Å². The Morgan fingerprint density at radius 2 is 1.74 bits per heavy atom. The van der Waals surface area contributed by atoms with E-state index in [2.05, 4.69) is 0 Å². The molecule has 0 unspecified atom stereocenters. The number of rotatable bonds is 8. The molecule has 0 atom stereocenters. The van der Waals surface area contributed by atoms with Crippen LogP contribution in [0.4, 0.5) is 5.69 Å². The highest BCUT2D eigenvalue weighted by Gasteiger charge is 2.23. The first-order chi connectivity index (χ1) is 10.8. The van der Waals surface area contributed by atoms with E-state index in [1.165, 1.54) is 10.6 Å². The quantitative estimate of drug-likeness (QED) is 0.731. The van der Waals surface area contributed by atoms with E-state index in [4.69, 9.17) is 0 Å². The number of carbonyl (C=O) groups excluding carboxylic acids is 1. The lowest BCUT2D eigenvalue weighted by Gasteiger charge is -2.27. The fraction of sp³-hybridized carbons (Fsp3) is 0.588. The summed E-state index contributed by atoms with van der Waals surface area (Å²) in [5.74, 6) is -0.0183. The summed E-state index contributed by atoms with van der Waals surface area (Å²) in [6.07, 6.45) is 2.13. The van der Waals surface area contributed by atoms with Gasteiger partial charge in [0.2, 0.25) is 15.9 Å². The summed E-state index contributed by atoms with van der Waals surface area (Å²) in [7, 11) is -3.45. The van der Waals surface area contributed by atoms with E-state index in [0.717, 1.165) is 17.5 Å². The van der Waals surface area contributed by atoms with E-state index in [-0.39, 0.29) is 18.9 Å². The third-order valence-electron chi connectivity index (χ3n) is 4.00. The lowest BCUT2D eigenvalue weighted by molar-refractivity contribution is -0.130. The lowest BCUT2D eigenvalue weighted by Crippen LogP contribution is -2.37. The lowest BCUT2D eigenvalue weighted by atomic mass is 10.1. The number of aryl methyl sites for hydroxylation is 2. The van der Waals surface area contributed by atoms with Gasteiger partial charge in [0.05, 0.1) is 11.9 Å². The van der Waals surface area contributed by atoms with Crippen molar-refractivity contribution in [2.24, 2.45) is 0 Å². The van der Waals surface area contributed by atoms with Crippen LogP contribution in [0, 0.1) is 6.92 Å². The summed E-state index contributed by atoms with van der Waals surface area (Å²) >= 11 is 0. The van der Waals surface area contributed by atoms with Crippen molar-refractivity contribution in [3.63, 3.8) is 0 Å². The molecular weight excluding hydrogens is 312 g/mol. The molecule has 130 valence electrons. The first-order valence-electron chi connectivity index (χ1n) is 8.10. The minimum Gasteiger partial charge on any atom is -0.343 e. The molecule has 0 saturated carbocycles. The molecule has 0 heterocycles. The van der Waals surface area contributed by atoms with Crippen molar-refractivity contribution in [1.82, 2.24) is 4.90 Å². The number of carbonyl (C=O) groups is 1. The molecular formula is C17H28N2O3S. The molecule has 0 N–H and O–H groups in total. The van der Waals surface area contributed by atoms with E-state index in [1.807, 2.05) is 45.9 Å². The van der Waals surface area contributed by atoms with Crippen LogP contribution in [0.1, 0.15) is 38.3 Å². The average Bonchev–Trinajstić information content (AvgIpc) is 2.48. The summed E-state index contributed by atoms with van der Waals surface area (Å²) < 4.78 is 25.9. The van der Waals surface area contributed by atoms with E-state index in [1.54, 1.807) is 4.90 Å². The van der Waals surface area contributed by atoms with Crippen molar-refractivity contribution in [2.45, 2.75) is 40.5 Å². The Balaban J connectivity index is 3.12. The fourth-order valence-corrected chi connectivity index (χ4v) is 3.75. The molecule has 0 spiro atoms. The van der Waals surface area contributed by atoms with Crippen molar-refractivity contribution >= 4 is 21.6 Å². The van der Waals surface area contributed by atoms with Gasteiger partial charge in [0.25, 0.3) is 0 Å². The van der Waals surface area contributed by atoms with Gasteiger partial charge < -0.3 is 4.90 Å². The van der Waals surface area contributed by atoms with Gasteiger partial charge in [0, 0.05) is 26.1 Å². The Kier molecular flexibility index (Phi) is 7.06. The standard InChI is InChI=1S/C17H28N2O3S/c1-6-15-11-9-10-14(4)17(15)19(23(5,21)22)13-12-16(20)18(7-2)8-3/h9-11H,6-8,12-13H2,1-5H3. The second kappa shape index (κ2) is 8.34. The van der Waals surface area contributed by atoms with Gasteiger partial charge in [0.15, 0.2) is 0 Å². The molecule has 1 aromatic carbocycles. The van der Waals surface area contributed by atoms with Crippen LogP contribution in [-0.2, 0) is 21.2 Å². The van der Waals surface area contributed by atoms with Crippen LogP contribution in [0.5, 0.6) is 0 Å². The second-order valence-electron chi connectivity index (χ2n) is 5.59. The number of nitrogens with zero attached hydrogens (tertiary/aromatic N) is 2. The summed E-state index contributed by atoms with van der Waals surface area (Å²) in [5.41, 5.74) is 2.60. The van der Waals surface area contributed by atoms with Crippen LogP contribution >= 0.6 is 0 Å². The van der Waals surface area contributed by atoms with Crippen LogP contribution in [0.2, 0.25) is 0 Å². The zero-order valence-corrected chi connectivity index (χ0v) is 15.6. The molecule has 0 aliphatic heterocycles. The summed E-state index contributed by atoms with van der Waals surface area (Å²) in [5, 5.41) is 0. The smallest absolute Gasteiger partial charge is 0.232 e. The van der Waals surface area contributed by atoms with Gasteiger partial charge in [-0.1, -0.05) is 25.1 Å². The van der Waals surface area contributed by atoms with Crippen LogP contribution in [-0.4, -0.2) is 45.1 Å². The molecule has 0 aliphatic rings.